The molecule has 2 aromatic rings. The lowest BCUT2D eigenvalue weighted by molar-refractivity contribution is 0.255. The molecule has 2 heterocycles. The van der Waals surface area contributed by atoms with E-state index < -0.39 is 6.03 Å². The van der Waals surface area contributed by atoms with Crippen molar-refractivity contribution in [2.45, 2.75) is 33.1 Å². The van der Waals surface area contributed by atoms with Gasteiger partial charge >= 0.3 is 6.03 Å². The van der Waals surface area contributed by atoms with Gasteiger partial charge in [0.25, 0.3) is 0 Å². The fourth-order valence-electron chi connectivity index (χ4n) is 1.60. The molecule has 0 aliphatic heterocycles. The van der Waals surface area contributed by atoms with Crippen molar-refractivity contribution in [1.82, 2.24) is 5.16 Å². The third kappa shape index (κ3) is 2.78. The molecule has 0 aliphatic rings. The Balaban J connectivity index is 2.41. The summed E-state index contributed by atoms with van der Waals surface area (Å²) in [6, 6.07) is 4.95. The molecule has 6 heteroatoms. The molecule has 0 radical (unpaired) electrons. The maximum Gasteiger partial charge on any atom is 0.325 e. The van der Waals surface area contributed by atoms with Crippen molar-refractivity contribution in [2.75, 3.05) is 4.90 Å². The number of aryl methyl sites for hydroxylation is 1. The van der Waals surface area contributed by atoms with E-state index in [-0.39, 0.29) is 5.41 Å². The zero-order chi connectivity index (χ0) is 14.2. The largest absolute Gasteiger partial charge is 0.359 e. The Labute approximate surface area is 116 Å². The van der Waals surface area contributed by atoms with E-state index in [2.05, 4.69) is 5.16 Å². The van der Waals surface area contributed by atoms with Gasteiger partial charge in [0.1, 0.15) is 10.8 Å². The molecule has 0 spiro atoms. The van der Waals surface area contributed by atoms with Crippen molar-refractivity contribution in [3.8, 4) is 0 Å². The number of hydrogen-bond acceptors (Lipinski definition) is 4. The van der Waals surface area contributed by atoms with Crippen LogP contribution in [0.5, 0.6) is 0 Å². The van der Waals surface area contributed by atoms with E-state index in [4.69, 9.17) is 10.3 Å². The molecule has 0 fully saturated rings. The first-order valence-corrected chi connectivity index (χ1v) is 6.74. The number of rotatable bonds is 2. The summed E-state index contributed by atoms with van der Waals surface area (Å²) in [5.74, 6) is 1.13. The minimum atomic E-state index is -0.574. The summed E-state index contributed by atoms with van der Waals surface area (Å²) >= 11 is 1.48. The number of aromatic nitrogens is 1. The number of nitrogens with zero attached hydrogens (tertiary/aromatic N) is 2. The van der Waals surface area contributed by atoms with Gasteiger partial charge in [-0.2, -0.15) is 0 Å². The summed E-state index contributed by atoms with van der Waals surface area (Å²) in [5, 5.41) is 4.68. The SMILES string of the molecule is Cc1ccc(N(C(N)=O)c2cc(C(C)(C)C)on2)s1. The Kier molecular flexibility index (Phi) is 3.36. The number of urea groups is 1. The van der Waals surface area contributed by atoms with E-state index in [0.717, 1.165) is 9.88 Å². The number of primary amides is 1. The molecular weight excluding hydrogens is 262 g/mol. The summed E-state index contributed by atoms with van der Waals surface area (Å²) in [6.45, 7) is 8.01. The number of thiophene rings is 1. The van der Waals surface area contributed by atoms with Crippen molar-refractivity contribution in [1.29, 1.82) is 0 Å². The molecule has 0 saturated carbocycles. The number of amides is 2. The molecule has 2 amide bonds. The van der Waals surface area contributed by atoms with Crippen molar-refractivity contribution in [3.05, 3.63) is 28.8 Å². The summed E-state index contributed by atoms with van der Waals surface area (Å²) in [7, 11) is 0. The van der Waals surface area contributed by atoms with Gasteiger partial charge < -0.3 is 10.3 Å². The predicted octanol–water partition coefficient (Wildman–Crippen LogP) is 3.56. The number of carbonyl (C=O) groups excluding carboxylic acids is 1. The van der Waals surface area contributed by atoms with Crippen LogP contribution in [0.4, 0.5) is 15.6 Å². The number of hydrogen-bond donors (Lipinski definition) is 1. The van der Waals surface area contributed by atoms with Crippen LogP contribution in [0.2, 0.25) is 0 Å². The molecule has 0 aliphatic carbocycles. The maximum atomic E-state index is 11.6. The Hall–Kier alpha value is -1.82. The highest BCUT2D eigenvalue weighted by atomic mass is 32.1. The van der Waals surface area contributed by atoms with E-state index in [9.17, 15) is 4.79 Å². The normalized spacial score (nSPS) is 11.6. The number of nitrogens with two attached hydrogens (primary N) is 1. The number of carbonyl (C=O) groups is 1. The Morgan fingerprint density at radius 2 is 2.11 bits per heavy atom. The molecule has 2 aromatic heterocycles. The van der Waals surface area contributed by atoms with Crippen LogP contribution in [0.3, 0.4) is 0 Å². The minimum Gasteiger partial charge on any atom is -0.359 e. The third-order valence-corrected chi connectivity index (χ3v) is 3.62. The monoisotopic (exact) mass is 279 g/mol. The lowest BCUT2D eigenvalue weighted by Crippen LogP contribution is -2.31. The fourth-order valence-corrected chi connectivity index (χ4v) is 2.48. The fraction of sp³-hybridized carbons (Fsp3) is 0.385. The third-order valence-electron chi connectivity index (χ3n) is 2.63. The van der Waals surface area contributed by atoms with Crippen LogP contribution in [-0.2, 0) is 5.41 Å². The van der Waals surface area contributed by atoms with Gasteiger partial charge in [-0.3, -0.25) is 0 Å². The van der Waals surface area contributed by atoms with Gasteiger partial charge in [-0.1, -0.05) is 25.9 Å². The van der Waals surface area contributed by atoms with Crippen LogP contribution >= 0.6 is 11.3 Å². The molecule has 102 valence electrons. The van der Waals surface area contributed by atoms with Gasteiger partial charge in [-0.05, 0) is 19.1 Å². The van der Waals surface area contributed by atoms with E-state index in [1.165, 1.54) is 16.2 Å². The second-order valence-electron chi connectivity index (χ2n) is 5.36. The van der Waals surface area contributed by atoms with Crippen LogP contribution in [0.15, 0.2) is 22.7 Å². The molecule has 0 unspecified atom stereocenters. The topological polar surface area (TPSA) is 72.4 Å². The average molecular weight is 279 g/mol. The Bertz CT molecular complexity index is 595. The van der Waals surface area contributed by atoms with Crippen molar-refractivity contribution in [2.24, 2.45) is 5.73 Å². The summed E-state index contributed by atoms with van der Waals surface area (Å²) in [6.07, 6.45) is 0. The second kappa shape index (κ2) is 4.70. The number of anilines is 2. The standard InChI is InChI=1S/C13H17N3O2S/c1-8-5-6-11(19-8)16(12(14)17)10-7-9(18-15-10)13(2,3)4/h5-7H,1-4H3,(H2,14,17). The summed E-state index contributed by atoms with van der Waals surface area (Å²) < 4.78 is 5.29. The molecular formula is C13H17N3O2S. The van der Waals surface area contributed by atoms with Crippen LogP contribution in [0.25, 0.3) is 0 Å². The van der Waals surface area contributed by atoms with Gasteiger partial charge in [0.2, 0.25) is 0 Å². The molecule has 0 aromatic carbocycles. The molecule has 5 nitrogen and oxygen atoms in total. The molecule has 2 rings (SSSR count). The quantitative estimate of drug-likeness (QED) is 0.913. The molecule has 0 bridgehead atoms. The summed E-state index contributed by atoms with van der Waals surface area (Å²) in [5.41, 5.74) is 5.27. The van der Waals surface area contributed by atoms with E-state index in [1.54, 1.807) is 6.07 Å². The van der Waals surface area contributed by atoms with Crippen molar-refractivity contribution >= 4 is 28.2 Å². The molecule has 2 N–H and O–H groups in total. The molecule has 19 heavy (non-hydrogen) atoms. The van der Waals surface area contributed by atoms with Gasteiger partial charge in [-0.15, -0.1) is 11.3 Å². The first kappa shape index (κ1) is 13.6. The van der Waals surface area contributed by atoms with E-state index in [0.29, 0.717) is 11.6 Å². The van der Waals surface area contributed by atoms with E-state index >= 15 is 0 Å². The van der Waals surface area contributed by atoms with Crippen molar-refractivity contribution < 1.29 is 9.32 Å². The first-order chi connectivity index (χ1) is 8.79. The minimum absolute atomic E-state index is 0.167. The Morgan fingerprint density at radius 3 is 2.53 bits per heavy atom. The second-order valence-corrected chi connectivity index (χ2v) is 6.62. The molecule has 0 atom stereocenters. The maximum absolute atomic E-state index is 11.6. The first-order valence-electron chi connectivity index (χ1n) is 5.92. The highest BCUT2D eigenvalue weighted by molar-refractivity contribution is 7.16. The van der Waals surface area contributed by atoms with E-state index in [1.807, 2.05) is 39.8 Å². The average Bonchev–Trinajstić information content (AvgIpc) is 2.87. The Morgan fingerprint density at radius 1 is 1.42 bits per heavy atom. The zero-order valence-corrected chi connectivity index (χ0v) is 12.2. The highest BCUT2D eigenvalue weighted by Gasteiger charge is 2.25. The predicted molar refractivity (Wildman–Crippen MR) is 76.0 cm³/mol. The van der Waals surface area contributed by atoms with Gasteiger partial charge in [0.15, 0.2) is 5.82 Å². The van der Waals surface area contributed by atoms with Crippen LogP contribution < -0.4 is 10.6 Å². The van der Waals surface area contributed by atoms with Crippen molar-refractivity contribution in [3.63, 3.8) is 0 Å². The van der Waals surface area contributed by atoms with Gasteiger partial charge in [0.05, 0.1) is 0 Å². The van der Waals surface area contributed by atoms with Gasteiger partial charge in [-0.25, -0.2) is 9.69 Å². The molecule has 0 saturated heterocycles. The zero-order valence-electron chi connectivity index (χ0n) is 11.4. The lowest BCUT2D eigenvalue weighted by atomic mass is 9.93. The smallest absolute Gasteiger partial charge is 0.325 e. The summed E-state index contributed by atoms with van der Waals surface area (Å²) in [4.78, 5) is 14.1. The van der Waals surface area contributed by atoms with Crippen LogP contribution in [0, 0.1) is 6.92 Å². The highest BCUT2D eigenvalue weighted by Crippen LogP contribution is 2.33. The van der Waals surface area contributed by atoms with Crippen LogP contribution in [-0.4, -0.2) is 11.2 Å². The lowest BCUT2D eigenvalue weighted by Gasteiger charge is -2.15. The van der Waals surface area contributed by atoms with Gasteiger partial charge in [0, 0.05) is 16.4 Å². The van der Waals surface area contributed by atoms with Crippen LogP contribution in [0.1, 0.15) is 31.4 Å².